The maximum atomic E-state index is 6.08. The van der Waals surface area contributed by atoms with E-state index in [1.165, 1.54) is 44.5 Å². The van der Waals surface area contributed by atoms with E-state index < -0.39 is 0 Å². The highest BCUT2D eigenvalue weighted by molar-refractivity contribution is 5.33. The van der Waals surface area contributed by atoms with Crippen molar-refractivity contribution in [1.82, 2.24) is 9.80 Å². The minimum atomic E-state index is 0.340. The fraction of sp³-hybridized carbons (Fsp3) is 0.684. The number of piperidine rings is 1. The van der Waals surface area contributed by atoms with E-state index in [4.69, 9.17) is 10.5 Å². The monoisotopic (exact) mass is 317 g/mol. The van der Waals surface area contributed by atoms with Crippen molar-refractivity contribution in [3.63, 3.8) is 0 Å². The van der Waals surface area contributed by atoms with E-state index in [1.54, 1.807) is 0 Å². The maximum Gasteiger partial charge on any atom is 0.123 e. The molecular weight excluding hydrogens is 286 g/mol. The second-order valence-electron chi connectivity index (χ2n) is 7.00. The first-order valence-corrected chi connectivity index (χ1v) is 9.22. The predicted octanol–water partition coefficient (Wildman–Crippen LogP) is 2.47. The number of hydrogen-bond acceptors (Lipinski definition) is 4. The van der Waals surface area contributed by atoms with Gasteiger partial charge in [0, 0.05) is 37.8 Å². The highest BCUT2D eigenvalue weighted by atomic mass is 16.5. The molecule has 3 rings (SSSR count). The van der Waals surface area contributed by atoms with Crippen LogP contribution >= 0.6 is 0 Å². The summed E-state index contributed by atoms with van der Waals surface area (Å²) in [5.74, 6) is 1.05. The number of rotatable bonds is 7. The van der Waals surface area contributed by atoms with Crippen LogP contribution < -0.4 is 10.5 Å². The summed E-state index contributed by atoms with van der Waals surface area (Å²) in [6.45, 7) is 7.58. The summed E-state index contributed by atoms with van der Waals surface area (Å²) in [6.07, 6.45) is 6.35. The maximum absolute atomic E-state index is 6.08. The molecule has 0 radical (unpaired) electrons. The first kappa shape index (κ1) is 16.7. The number of hydrogen-bond donors (Lipinski definition) is 1. The summed E-state index contributed by atoms with van der Waals surface area (Å²) in [6, 6.07) is 8.80. The Labute approximate surface area is 140 Å². The Morgan fingerprint density at radius 3 is 2.65 bits per heavy atom. The van der Waals surface area contributed by atoms with E-state index in [2.05, 4.69) is 34.1 Å². The molecule has 2 fully saturated rings. The van der Waals surface area contributed by atoms with E-state index in [9.17, 15) is 0 Å². The second kappa shape index (κ2) is 8.67. The first-order chi connectivity index (χ1) is 11.3. The molecule has 0 spiro atoms. The van der Waals surface area contributed by atoms with Crippen molar-refractivity contribution in [3.05, 3.63) is 29.8 Å². The lowest BCUT2D eigenvalue weighted by Crippen LogP contribution is -2.31. The van der Waals surface area contributed by atoms with Gasteiger partial charge >= 0.3 is 0 Å². The zero-order valence-corrected chi connectivity index (χ0v) is 14.3. The molecule has 4 nitrogen and oxygen atoms in total. The van der Waals surface area contributed by atoms with Gasteiger partial charge in [-0.1, -0.05) is 24.6 Å². The molecule has 2 aliphatic heterocycles. The lowest BCUT2D eigenvalue weighted by Gasteiger charge is -2.26. The van der Waals surface area contributed by atoms with Gasteiger partial charge in [0.1, 0.15) is 5.75 Å². The molecular formula is C19H31N3O. The van der Waals surface area contributed by atoms with Crippen LogP contribution in [-0.4, -0.2) is 55.2 Å². The molecule has 1 aromatic carbocycles. The lowest BCUT2D eigenvalue weighted by molar-refractivity contribution is 0.203. The van der Waals surface area contributed by atoms with E-state index in [-0.39, 0.29) is 0 Å². The van der Waals surface area contributed by atoms with Crippen LogP contribution in [0.15, 0.2) is 24.3 Å². The molecule has 23 heavy (non-hydrogen) atoms. The van der Waals surface area contributed by atoms with Crippen LogP contribution in [0.25, 0.3) is 0 Å². The zero-order chi connectivity index (χ0) is 15.9. The summed E-state index contributed by atoms with van der Waals surface area (Å²) in [4.78, 5) is 5.00. The van der Waals surface area contributed by atoms with Crippen molar-refractivity contribution in [2.24, 2.45) is 5.73 Å². The highest BCUT2D eigenvalue weighted by Crippen LogP contribution is 2.22. The van der Waals surface area contributed by atoms with E-state index in [0.29, 0.717) is 6.04 Å². The van der Waals surface area contributed by atoms with Crippen LogP contribution in [-0.2, 0) is 6.54 Å². The predicted molar refractivity (Wildman–Crippen MR) is 94.7 cm³/mol. The topological polar surface area (TPSA) is 41.7 Å². The van der Waals surface area contributed by atoms with Gasteiger partial charge in [-0.05, 0) is 44.8 Å². The third-order valence-corrected chi connectivity index (χ3v) is 5.00. The van der Waals surface area contributed by atoms with Crippen molar-refractivity contribution in [3.8, 4) is 5.75 Å². The molecule has 1 aromatic rings. The fourth-order valence-corrected chi connectivity index (χ4v) is 3.68. The molecule has 0 aromatic heterocycles. The van der Waals surface area contributed by atoms with Gasteiger partial charge in [0.25, 0.3) is 0 Å². The standard InChI is InChI=1S/C19H31N3O/c20-18-9-13-22(16-18)15-17-7-2-3-8-19(17)23-14-6-12-21-10-4-1-5-11-21/h2-3,7-8,18H,1,4-6,9-16,20H2/t18-/m1/s1. The minimum Gasteiger partial charge on any atom is -0.493 e. The Hall–Kier alpha value is -1.10. The van der Waals surface area contributed by atoms with Crippen LogP contribution in [0.4, 0.5) is 0 Å². The largest absolute Gasteiger partial charge is 0.493 e. The molecule has 0 bridgehead atoms. The molecule has 4 heteroatoms. The molecule has 0 aliphatic carbocycles. The molecule has 2 N–H and O–H groups in total. The SMILES string of the molecule is N[C@@H]1CCN(Cc2ccccc2OCCCN2CCCCC2)C1. The Bertz CT molecular complexity index is 473. The summed E-state index contributed by atoms with van der Waals surface area (Å²) in [5, 5.41) is 0. The van der Waals surface area contributed by atoms with E-state index >= 15 is 0 Å². The highest BCUT2D eigenvalue weighted by Gasteiger charge is 2.20. The van der Waals surface area contributed by atoms with Gasteiger partial charge in [0.15, 0.2) is 0 Å². The molecule has 0 amide bonds. The molecule has 2 aliphatic rings. The Balaban J connectivity index is 1.43. The lowest BCUT2D eigenvalue weighted by atomic mass is 10.1. The average Bonchev–Trinajstić information content (AvgIpc) is 2.99. The Kier molecular flexibility index (Phi) is 6.31. The van der Waals surface area contributed by atoms with Crippen LogP contribution in [0, 0.1) is 0 Å². The van der Waals surface area contributed by atoms with Crippen molar-refractivity contribution in [2.75, 3.05) is 39.3 Å². The number of nitrogens with zero attached hydrogens (tertiary/aromatic N) is 2. The molecule has 1 atom stereocenters. The third-order valence-electron chi connectivity index (χ3n) is 5.00. The van der Waals surface area contributed by atoms with Crippen molar-refractivity contribution < 1.29 is 4.74 Å². The van der Waals surface area contributed by atoms with Crippen molar-refractivity contribution in [2.45, 2.75) is 44.7 Å². The van der Waals surface area contributed by atoms with Gasteiger partial charge in [-0.15, -0.1) is 0 Å². The van der Waals surface area contributed by atoms with Gasteiger partial charge in [0.05, 0.1) is 6.61 Å². The number of ether oxygens (including phenoxy) is 1. The number of nitrogens with two attached hydrogens (primary N) is 1. The van der Waals surface area contributed by atoms with Crippen LogP contribution in [0.2, 0.25) is 0 Å². The normalized spacial score (nSPS) is 23.3. The fourth-order valence-electron chi connectivity index (χ4n) is 3.68. The third kappa shape index (κ3) is 5.20. The van der Waals surface area contributed by atoms with Crippen molar-refractivity contribution in [1.29, 1.82) is 0 Å². The average molecular weight is 317 g/mol. The molecule has 2 heterocycles. The quantitative estimate of drug-likeness (QED) is 0.785. The van der Waals surface area contributed by atoms with Crippen molar-refractivity contribution >= 4 is 0 Å². The second-order valence-corrected chi connectivity index (χ2v) is 7.00. The van der Waals surface area contributed by atoms with E-state index in [0.717, 1.165) is 44.8 Å². The summed E-state index contributed by atoms with van der Waals surface area (Å²) in [5.41, 5.74) is 7.30. The number of para-hydroxylation sites is 1. The number of benzene rings is 1. The van der Waals surface area contributed by atoms with Gasteiger partial charge in [0.2, 0.25) is 0 Å². The summed E-state index contributed by atoms with van der Waals surface area (Å²) in [7, 11) is 0. The van der Waals surface area contributed by atoms with E-state index in [1.807, 2.05) is 0 Å². The van der Waals surface area contributed by atoms with Crippen LogP contribution in [0.5, 0.6) is 5.75 Å². The minimum absolute atomic E-state index is 0.340. The van der Waals surface area contributed by atoms with Gasteiger partial charge < -0.3 is 15.4 Å². The Morgan fingerprint density at radius 2 is 1.87 bits per heavy atom. The summed E-state index contributed by atoms with van der Waals surface area (Å²) < 4.78 is 6.08. The van der Waals surface area contributed by atoms with Gasteiger partial charge in [-0.25, -0.2) is 0 Å². The zero-order valence-electron chi connectivity index (χ0n) is 14.3. The summed E-state index contributed by atoms with van der Waals surface area (Å²) >= 11 is 0. The molecule has 0 unspecified atom stereocenters. The molecule has 0 saturated carbocycles. The number of likely N-dealkylation sites (tertiary alicyclic amines) is 2. The van der Waals surface area contributed by atoms with Gasteiger partial charge in [-0.2, -0.15) is 0 Å². The smallest absolute Gasteiger partial charge is 0.123 e. The Morgan fingerprint density at radius 1 is 1.04 bits per heavy atom. The first-order valence-electron chi connectivity index (χ1n) is 9.22. The van der Waals surface area contributed by atoms with Gasteiger partial charge in [-0.3, -0.25) is 4.90 Å². The van der Waals surface area contributed by atoms with Crippen LogP contribution in [0.3, 0.4) is 0 Å². The molecule has 2 saturated heterocycles. The molecule has 128 valence electrons. The van der Waals surface area contributed by atoms with Crippen LogP contribution in [0.1, 0.15) is 37.7 Å².